The molecule has 2 aromatic rings. The van der Waals surface area contributed by atoms with Crippen LogP contribution in [-0.2, 0) is 6.18 Å². The van der Waals surface area contributed by atoms with Crippen LogP contribution in [-0.4, -0.2) is 33.2 Å². The Balaban J connectivity index is 2.34. The van der Waals surface area contributed by atoms with Crippen molar-refractivity contribution in [2.24, 2.45) is 5.92 Å². The summed E-state index contributed by atoms with van der Waals surface area (Å²) in [4.78, 5) is 7.24. The first-order valence-electron chi connectivity index (χ1n) is 8.34. The quantitative estimate of drug-likeness (QED) is 0.402. The summed E-state index contributed by atoms with van der Waals surface area (Å²) in [5.74, 6) is -0.744. The molecule has 0 unspecified atom stereocenters. The van der Waals surface area contributed by atoms with Gasteiger partial charge < -0.3 is 15.7 Å². The predicted octanol–water partition coefficient (Wildman–Crippen LogP) is 5.28. The summed E-state index contributed by atoms with van der Waals surface area (Å²) in [6.07, 6.45) is -4.77. The average molecular weight is 440 g/mol. The van der Waals surface area contributed by atoms with Gasteiger partial charge in [-0.2, -0.15) is 31.3 Å². The van der Waals surface area contributed by atoms with Crippen LogP contribution in [0.25, 0.3) is 0 Å². The number of aromatic nitrogens is 2. The van der Waals surface area contributed by atoms with E-state index < -0.39 is 23.4 Å². The highest BCUT2D eigenvalue weighted by Crippen LogP contribution is 2.38. The summed E-state index contributed by atoms with van der Waals surface area (Å²) >= 11 is -0.342. The molecular weight excluding hydrogens is 422 g/mol. The molecule has 29 heavy (non-hydrogen) atoms. The smallest absolute Gasteiger partial charge is 0.394 e. The second-order valence-corrected chi connectivity index (χ2v) is 7.48. The molecule has 1 atom stereocenters. The maximum atomic E-state index is 13.2. The normalized spacial score (nSPS) is 13.4. The Labute approximate surface area is 166 Å². The van der Waals surface area contributed by atoms with Crippen molar-refractivity contribution in [2.75, 3.05) is 17.2 Å². The van der Waals surface area contributed by atoms with Gasteiger partial charge in [0, 0.05) is 16.6 Å². The summed E-state index contributed by atoms with van der Waals surface area (Å²) in [6.45, 7) is 3.16. The van der Waals surface area contributed by atoms with E-state index in [1.807, 2.05) is 0 Å². The number of aliphatic hydroxyl groups is 1. The van der Waals surface area contributed by atoms with Crippen LogP contribution in [0, 0.1) is 5.92 Å². The number of aliphatic hydroxyl groups excluding tert-OH is 1. The van der Waals surface area contributed by atoms with E-state index in [0.717, 1.165) is 6.07 Å². The molecule has 5 nitrogen and oxygen atoms in total. The van der Waals surface area contributed by atoms with Crippen LogP contribution in [0.1, 0.15) is 19.5 Å². The lowest BCUT2D eigenvalue weighted by molar-refractivity contribution is -0.141. The van der Waals surface area contributed by atoms with Crippen LogP contribution in [0.5, 0.6) is 0 Å². The molecule has 0 amide bonds. The van der Waals surface area contributed by atoms with Crippen LogP contribution in [0.4, 0.5) is 43.8 Å². The van der Waals surface area contributed by atoms with Crippen molar-refractivity contribution in [1.82, 2.24) is 9.97 Å². The first kappa shape index (κ1) is 23.1. The van der Waals surface area contributed by atoms with Crippen molar-refractivity contribution >= 4 is 29.2 Å². The van der Waals surface area contributed by atoms with E-state index in [1.54, 1.807) is 13.8 Å². The van der Waals surface area contributed by atoms with Crippen molar-refractivity contribution in [3.63, 3.8) is 0 Å². The Hall–Kier alpha value is -2.21. The maximum absolute atomic E-state index is 13.2. The zero-order chi connectivity index (χ0) is 21.8. The van der Waals surface area contributed by atoms with E-state index in [0.29, 0.717) is 6.07 Å². The summed E-state index contributed by atoms with van der Waals surface area (Å²) in [6, 6.07) is 5.17. The maximum Gasteiger partial charge on any atom is 0.446 e. The Morgan fingerprint density at radius 1 is 1.07 bits per heavy atom. The third kappa shape index (κ3) is 7.28. The first-order chi connectivity index (χ1) is 13.4. The van der Waals surface area contributed by atoms with Crippen LogP contribution >= 0.6 is 11.8 Å². The second-order valence-electron chi connectivity index (χ2n) is 6.34. The number of nitrogens with one attached hydrogen (secondary N) is 2. The molecule has 12 heteroatoms. The van der Waals surface area contributed by atoms with E-state index in [-0.39, 0.29) is 46.6 Å². The summed E-state index contributed by atoms with van der Waals surface area (Å²) in [5, 5.41) is 14.6. The lowest BCUT2D eigenvalue weighted by atomic mass is 10.1. The highest BCUT2D eigenvalue weighted by molar-refractivity contribution is 8.00. The highest BCUT2D eigenvalue weighted by atomic mass is 32.2. The number of halogens is 6. The molecule has 0 radical (unpaired) electrons. The minimum atomic E-state index is -4.77. The number of alkyl halides is 6. The van der Waals surface area contributed by atoms with Crippen molar-refractivity contribution < 1.29 is 31.4 Å². The standard InChI is InChI=1S/C17H18F6N4OS/c1-9(2)12(8-28)25-15-26-13(16(18,19)20)7-14(27-15)24-10-4-3-5-11(6-10)29-17(21,22)23/h3-7,9,12,28H,8H2,1-2H3,(H2,24,25,26,27)/t12-/m1/s1. The van der Waals surface area contributed by atoms with E-state index in [4.69, 9.17) is 0 Å². The molecule has 1 heterocycles. The van der Waals surface area contributed by atoms with Gasteiger partial charge in [-0.3, -0.25) is 0 Å². The number of anilines is 3. The average Bonchev–Trinajstić information content (AvgIpc) is 2.57. The summed E-state index contributed by atoms with van der Waals surface area (Å²) in [7, 11) is 0. The number of rotatable bonds is 7. The van der Waals surface area contributed by atoms with Crippen molar-refractivity contribution in [3.8, 4) is 0 Å². The van der Waals surface area contributed by atoms with E-state index >= 15 is 0 Å². The summed E-state index contributed by atoms with van der Waals surface area (Å²) in [5.41, 5.74) is -5.61. The van der Waals surface area contributed by atoms with Gasteiger partial charge in [-0.1, -0.05) is 19.9 Å². The highest BCUT2D eigenvalue weighted by Gasteiger charge is 2.34. The van der Waals surface area contributed by atoms with Crippen LogP contribution < -0.4 is 10.6 Å². The Kier molecular flexibility index (Phi) is 7.22. The fraction of sp³-hybridized carbons (Fsp3) is 0.412. The second kappa shape index (κ2) is 9.08. The number of thioether (sulfide) groups is 1. The summed E-state index contributed by atoms with van der Waals surface area (Å²) < 4.78 is 77.1. The van der Waals surface area contributed by atoms with Gasteiger partial charge in [0.15, 0.2) is 5.69 Å². The third-order valence-corrected chi connectivity index (χ3v) is 4.39. The molecule has 1 aromatic heterocycles. The fourth-order valence-corrected chi connectivity index (χ4v) is 2.83. The molecule has 0 saturated carbocycles. The number of hydrogen-bond donors (Lipinski definition) is 3. The van der Waals surface area contributed by atoms with Gasteiger partial charge in [0.1, 0.15) is 5.82 Å². The molecule has 0 fully saturated rings. The molecule has 1 aromatic carbocycles. The molecule has 0 bridgehead atoms. The van der Waals surface area contributed by atoms with E-state index in [1.165, 1.54) is 18.2 Å². The molecule has 160 valence electrons. The molecule has 0 aliphatic carbocycles. The zero-order valence-electron chi connectivity index (χ0n) is 15.3. The minimum Gasteiger partial charge on any atom is -0.394 e. The SMILES string of the molecule is CC(C)[C@@H](CO)Nc1nc(Nc2cccc(SC(F)(F)F)c2)cc(C(F)(F)F)n1. The third-order valence-electron chi connectivity index (χ3n) is 3.67. The van der Waals surface area contributed by atoms with Gasteiger partial charge in [0.05, 0.1) is 12.6 Å². The van der Waals surface area contributed by atoms with Gasteiger partial charge >= 0.3 is 11.7 Å². The van der Waals surface area contributed by atoms with Gasteiger partial charge in [-0.05, 0) is 35.9 Å². The fourth-order valence-electron chi connectivity index (χ4n) is 2.23. The molecule has 0 spiro atoms. The topological polar surface area (TPSA) is 70.1 Å². The minimum absolute atomic E-state index is 0.120. The van der Waals surface area contributed by atoms with Gasteiger partial charge in [0.2, 0.25) is 5.95 Å². The lowest BCUT2D eigenvalue weighted by Crippen LogP contribution is -2.30. The zero-order valence-corrected chi connectivity index (χ0v) is 16.1. The molecule has 0 saturated heterocycles. The molecule has 0 aliphatic rings. The number of benzene rings is 1. The van der Waals surface area contributed by atoms with Crippen LogP contribution in [0.3, 0.4) is 0 Å². The Morgan fingerprint density at radius 2 is 1.76 bits per heavy atom. The monoisotopic (exact) mass is 440 g/mol. The molecule has 2 rings (SSSR count). The first-order valence-corrected chi connectivity index (χ1v) is 9.15. The Morgan fingerprint density at radius 3 is 2.31 bits per heavy atom. The lowest BCUT2D eigenvalue weighted by Gasteiger charge is -2.21. The van der Waals surface area contributed by atoms with Crippen LogP contribution in [0.15, 0.2) is 35.2 Å². The molecular formula is C17H18F6N4OS. The predicted molar refractivity (Wildman–Crippen MR) is 98.0 cm³/mol. The van der Waals surface area contributed by atoms with Crippen molar-refractivity contribution in [3.05, 3.63) is 36.0 Å². The Bertz CT molecular complexity index is 828. The van der Waals surface area contributed by atoms with E-state index in [2.05, 4.69) is 20.6 Å². The van der Waals surface area contributed by atoms with Crippen molar-refractivity contribution in [2.45, 2.75) is 36.5 Å². The van der Waals surface area contributed by atoms with Gasteiger partial charge in [-0.25, -0.2) is 4.98 Å². The van der Waals surface area contributed by atoms with E-state index in [9.17, 15) is 31.4 Å². The number of nitrogens with zero attached hydrogens (tertiary/aromatic N) is 2. The molecule has 0 aliphatic heterocycles. The largest absolute Gasteiger partial charge is 0.446 e. The van der Waals surface area contributed by atoms with Crippen molar-refractivity contribution in [1.29, 1.82) is 0 Å². The number of hydrogen-bond acceptors (Lipinski definition) is 6. The van der Waals surface area contributed by atoms with Crippen LogP contribution in [0.2, 0.25) is 0 Å². The van der Waals surface area contributed by atoms with Gasteiger partial charge in [-0.15, -0.1) is 0 Å². The molecule has 3 N–H and O–H groups in total. The van der Waals surface area contributed by atoms with Gasteiger partial charge in [0.25, 0.3) is 0 Å².